The molecule has 0 saturated carbocycles. The molecule has 0 aliphatic carbocycles. The summed E-state index contributed by atoms with van der Waals surface area (Å²) in [5, 5.41) is 5.04. The molecule has 6 nitrogen and oxygen atoms in total. The molecule has 74 valence electrons. The van der Waals surface area contributed by atoms with Crippen molar-refractivity contribution >= 4 is 11.9 Å². The van der Waals surface area contributed by atoms with Crippen LogP contribution in [0.15, 0.2) is 0 Å². The van der Waals surface area contributed by atoms with Gasteiger partial charge in [-0.3, -0.25) is 4.79 Å². The van der Waals surface area contributed by atoms with Crippen molar-refractivity contribution in [2.45, 2.75) is 12.0 Å². The SMILES string of the molecule is CNC(=O)NC1(CC(N)=O)COC1. The summed E-state index contributed by atoms with van der Waals surface area (Å²) in [6, 6.07) is -0.329. The molecule has 3 amide bonds. The van der Waals surface area contributed by atoms with Gasteiger partial charge in [0.15, 0.2) is 0 Å². The normalized spacial score (nSPS) is 18.5. The molecule has 1 heterocycles. The quantitative estimate of drug-likeness (QED) is 0.505. The molecule has 0 unspecified atom stereocenters. The van der Waals surface area contributed by atoms with E-state index in [0.29, 0.717) is 13.2 Å². The minimum atomic E-state index is -0.591. The summed E-state index contributed by atoms with van der Waals surface area (Å²) in [4.78, 5) is 21.6. The van der Waals surface area contributed by atoms with Crippen LogP contribution in [-0.2, 0) is 9.53 Å². The lowest BCUT2D eigenvalue weighted by Gasteiger charge is -2.40. The van der Waals surface area contributed by atoms with Gasteiger partial charge >= 0.3 is 6.03 Å². The molecule has 1 saturated heterocycles. The Bertz CT molecular complexity index is 225. The predicted molar refractivity (Wildman–Crippen MR) is 45.0 cm³/mol. The summed E-state index contributed by atoms with van der Waals surface area (Å²) in [7, 11) is 1.51. The van der Waals surface area contributed by atoms with E-state index in [1.54, 1.807) is 0 Å². The fourth-order valence-corrected chi connectivity index (χ4v) is 1.20. The first-order chi connectivity index (χ1) is 6.08. The van der Waals surface area contributed by atoms with E-state index in [-0.39, 0.29) is 12.5 Å². The average Bonchev–Trinajstić information content (AvgIpc) is 1.99. The number of nitrogens with two attached hydrogens (primary N) is 1. The van der Waals surface area contributed by atoms with Gasteiger partial charge in [-0.15, -0.1) is 0 Å². The van der Waals surface area contributed by atoms with Gasteiger partial charge in [-0.1, -0.05) is 0 Å². The minimum absolute atomic E-state index is 0.112. The molecule has 1 fully saturated rings. The molecule has 6 heteroatoms. The number of rotatable bonds is 3. The number of ether oxygens (including phenoxy) is 1. The largest absolute Gasteiger partial charge is 0.376 e. The van der Waals surface area contributed by atoms with Crippen LogP contribution in [0.1, 0.15) is 6.42 Å². The van der Waals surface area contributed by atoms with Crippen LogP contribution in [0.3, 0.4) is 0 Å². The maximum absolute atomic E-state index is 11.0. The summed E-state index contributed by atoms with van der Waals surface area (Å²) in [5.41, 5.74) is 4.45. The monoisotopic (exact) mass is 187 g/mol. The zero-order chi connectivity index (χ0) is 9.90. The highest BCUT2D eigenvalue weighted by atomic mass is 16.5. The average molecular weight is 187 g/mol. The first-order valence-electron chi connectivity index (χ1n) is 3.94. The Balaban J connectivity index is 2.49. The number of primary amides is 1. The van der Waals surface area contributed by atoms with Crippen molar-refractivity contribution in [2.75, 3.05) is 20.3 Å². The molecule has 0 spiro atoms. The number of carbonyl (C=O) groups excluding carboxylic acids is 2. The Hall–Kier alpha value is -1.30. The smallest absolute Gasteiger partial charge is 0.315 e. The molecular weight excluding hydrogens is 174 g/mol. The molecule has 4 N–H and O–H groups in total. The molecule has 1 aliphatic rings. The molecule has 0 radical (unpaired) electrons. The molecule has 13 heavy (non-hydrogen) atoms. The van der Waals surface area contributed by atoms with Crippen molar-refractivity contribution in [1.29, 1.82) is 0 Å². The Morgan fingerprint density at radius 3 is 2.46 bits per heavy atom. The first kappa shape index (κ1) is 9.79. The van der Waals surface area contributed by atoms with Crippen molar-refractivity contribution in [3.8, 4) is 0 Å². The molecule has 0 bridgehead atoms. The van der Waals surface area contributed by atoms with Crippen molar-refractivity contribution in [3.63, 3.8) is 0 Å². The zero-order valence-corrected chi connectivity index (χ0v) is 7.42. The van der Waals surface area contributed by atoms with E-state index in [2.05, 4.69) is 10.6 Å². The van der Waals surface area contributed by atoms with Gasteiger partial charge < -0.3 is 21.1 Å². The van der Waals surface area contributed by atoms with Gasteiger partial charge in [0.2, 0.25) is 5.91 Å². The topological polar surface area (TPSA) is 93.5 Å². The molecule has 0 aromatic carbocycles. The number of urea groups is 1. The van der Waals surface area contributed by atoms with Gasteiger partial charge in [-0.25, -0.2) is 4.79 Å². The summed E-state index contributed by atoms with van der Waals surface area (Å²) in [5.74, 6) is -0.445. The number of hydrogen-bond acceptors (Lipinski definition) is 3. The second kappa shape index (κ2) is 3.61. The van der Waals surface area contributed by atoms with Gasteiger partial charge in [0.25, 0.3) is 0 Å². The first-order valence-corrected chi connectivity index (χ1v) is 3.94. The lowest BCUT2D eigenvalue weighted by Crippen LogP contribution is -2.64. The number of hydrogen-bond donors (Lipinski definition) is 3. The molecular formula is C7H13N3O3. The van der Waals surface area contributed by atoms with E-state index in [0.717, 1.165) is 0 Å². The van der Waals surface area contributed by atoms with Crippen LogP contribution in [0.4, 0.5) is 4.79 Å². The summed E-state index contributed by atoms with van der Waals surface area (Å²) >= 11 is 0. The third kappa shape index (κ3) is 2.32. The van der Waals surface area contributed by atoms with E-state index < -0.39 is 11.4 Å². The maximum Gasteiger partial charge on any atom is 0.315 e. The Morgan fingerprint density at radius 1 is 1.54 bits per heavy atom. The van der Waals surface area contributed by atoms with Crippen LogP contribution in [0.2, 0.25) is 0 Å². The third-order valence-electron chi connectivity index (χ3n) is 1.88. The van der Waals surface area contributed by atoms with Crippen molar-refractivity contribution < 1.29 is 14.3 Å². The third-order valence-corrected chi connectivity index (χ3v) is 1.88. The molecule has 0 aromatic heterocycles. The molecule has 0 aromatic rings. The van der Waals surface area contributed by atoms with Crippen LogP contribution in [-0.4, -0.2) is 37.7 Å². The van der Waals surface area contributed by atoms with Crippen molar-refractivity contribution in [3.05, 3.63) is 0 Å². The Morgan fingerprint density at radius 2 is 2.15 bits per heavy atom. The Kier molecular flexibility index (Phi) is 2.72. The van der Waals surface area contributed by atoms with Gasteiger partial charge in [-0.05, 0) is 0 Å². The molecule has 0 atom stereocenters. The summed E-state index contributed by atoms with van der Waals surface area (Å²) in [6.07, 6.45) is 0.112. The lowest BCUT2D eigenvalue weighted by atomic mass is 9.93. The summed E-state index contributed by atoms with van der Waals surface area (Å²) < 4.78 is 4.93. The van der Waals surface area contributed by atoms with E-state index in [4.69, 9.17) is 10.5 Å². The van der Waals surface area contributed by atoms with E-state index in [9.17, 15) is 9.59 Å². The van der Waals surface area contributed by atoms with Crippen molar-refractivity contribution in [2.24, 2.45) is 5.73 Å². The van der Waals surface area contributed by atoms with E-state index in [1.165, 1.54) is 7.05 Å². The van der Waals surface area contributed by atoms with Crippen LogP contribution in [0.5, 0.6) is 0 Å². The van der Waals surface area contributed by atoms with Crippen LogP contribution in [0, 0.1) is 0 Å². The number of amides is 3. The van der Waals surface area contributed by atoms with E-state index in [1.807, 2.05) is 0 Å². The molecule has 1 rings (SSSR count). The fourth-order valence-electron chi connectivity index (χ4n) is 1.20. The number of carbonyl (C=O) groups is 2. The van der Waals surface area contributed by atoms with E-state index >= 15 is 0 Å². The van der Waals surface area contributed by atoms with Crippen LogP contribution < -0.4 is 16.4 Å². The van der Waals surface area contributed by atoms with Crippen LogP contribution in [0.25, 0.3) is 0 Å². The second-order valence-electron chi connectivity index (χ2n) is 3.12. The Labute approximate surface area is 75.8 Å². The highest BCUT2D eigenvalue weighted by molar-refractivity contribution is 5.79. The lowest BCUT2D eigenvalue weighted by molar-refractivity contribution is -0.127. The molecule has 1 aliphatic heterocycles. The fraction of sp³-hybridized carbons (Fsp3) is 0.714. The zero-order valence-electron chi connectivity index (χ0n) is 7.42. The second-order valence-corrected chi connectivity index (χ2v) is 3.12. The van der Waals surface area contributed by atoms with Gasteiger partial charge in [-0.2, -0.15) is 0 Å². The highest BCUT2D eigenvalue weighted by Gasteiger charge is 2.41. The predicted octanol–water partition coefficient (Wildman–Crippen LogP) is -1.44. The number of nitrogens with one attached hydrogen (secondary N) is 2. The highest BCUT2D eigenvalue weighted by Crippen LogP contribution is 2.20. The maximum atomic E-state index is 11.0. The van der Waals surface area contributed by atoms with Gasteiger partial charge in [0.05, 0.1) is 25.2 Å². The minimum Gasteiger partial charge on any atom is -0.376 e. The summed E-state index contributed by atoms with van der Waals surface area (Å²) in [6.45, 7) is 0.673. The van der Waals surface area contributed by atoms with Crippen LogP contribution >= 0.6 is 0 Å². The van der Waals surface area contributed by atoms with Gasteiger partial charge in [0, 0.05) is 7.05 Å². The van der Waals surface area contributed by atoms with Crippen molar-refractivity contribution in [1.82, 2.24) is 10.6 Å². The standard InChI is InChI=1S/C7H13N3O3/c1-9-6(12)10-7(2-5(8)11)3-13-4-7/h2-4H2,1H3,(H2,8,11)(H2,9,10,12). The van der Waals surface area contributed by atoms with Gasteiger partial charge in [0.1, 0.15) is 0 Å².